The molecule has 0 aromatic carbocycles. The van der Waals surface area contributed by atoms with E-state index in [4.69, 9.17) is 4.74 Å². The van der Waals surface area contributed by atoms with Crippen LogP contribution in [0.5, 0.6) is 5.88 Å². The van der Waals surface area contributed by atoms with Crippen LogP contribution in [0.2, 0.25) is 0 Å². The number of nitrogens with zero attached hydrogens (tertiary/aromatic N) is 3. The molecule has 1 fully saturated rings. The van der Waals surface area contributed by atoms with Crippen molar-refractivity contribution < 1.29 is 4.74 Å². The van der Waals surface area contributed by atoms with E-state index in [0.29, 0.717) is 18.5 Å². The molecular formula is C12H20N4O. The predicted octanol–water partition coefficient (Wildman–Crippen LogP) is 1.06. The summed E-state index contributed by atoms with van der Waals surface area (Å²) in [6, 6.07) is 0.491. The van der Waals surface area contributed by atoms with Gasteiger partial charge in [-0.3, -0.25) is 4.98 Å². The van der Waals surface area contributed by atoms with Gasteiger partial charge in [0.2, 0.25) is 5.88 Å². The summed E-state index contributed by atoms with van der Waals surface area (Å²) in [5, 5.41) is 3.41. The van der Waals surface area contributed by atoms with Crippen molar-refractivity contribution in [2.75, 3.05) is 31.1 Å². The number of rotatable bonds is 4. The molecule has 17 heavy (non-hydrogen) atoms. The summed E-state index contributed by atoms with van der Waals surface area (Å²) < 4.78 is 5.50. The Morgan fingerprint density at radius 1 is 1.53 bits per heavy atom. The van der Waals surface area contributed by atoms with Gasteiger partial charge >= 0.3 is 0 Å². The Bertz CT molecular complexity index is 358. The van der Waals surface area contributed by atoms with Gasteiger partial charge in [-0.25, -0.2) is 0 Å². The van der Waals surface area contributed by atoms with Gasteiger partial charge in [0.05, 0.1) is 19.0 Å². The molecule has 0 aliphatic carbocycles. The minimum Gasteiger partial charge on any atom is -0.477 e. The molecule has 0 radical (unpaired) electrons. The number of nitrogens with one attached hydrogen (secondary N) is 1. The van der Waals surface area contributed by atoms with Gasteiger partial charge in [0.15, 0.2) is 5.82 Å². The second-order valence-electron chi connectivity index (χ2n) is 4.37. The number of anilines is 1. The largest absolute Gasteiger partial charge is 0.477 e. The monoisotopic (exact) mass is 236 g/mol. The second kappa shape index (κ2) is 5.82. The molecule has 0 saturated carbocycles. The van der Waals surface area contributed by atoms with E-state index in [2.05, 4.69) is 34.0 Å². The summed E-state index contributed by atoms with van der Waals surface area (Å²) in [7, 11) is 0. The van der Waals surface area contributed by atoms with Crippen LogP contribution in [-0.4, -0.2) is 42.3 Å². The fraction of sp³-hybridized carbons (Fsp3) is 0.667. The zero-order valence-electron chi connectivity index (χ0n) is 10.5. The highest BCUT2D eigenvalue weighted by Gasteiger charge is 2.17. The van der Waals surface area contributed by atoms with Crippen LogP contribution in [0, 0.1) is 0 Å². The molecule has 1 aliphatic rings. The van der Waals surface area contributed by atoms with E-state index in [1.165, 1.54) is 0 Å². The van der Waals surface area contributed by atoms with Crippen LogP contribution in [0.15, 0.2) is 12.4 Å². The maximum atomic E-state index is 5.50. The molecule has 0 bridgehead atoms. The molecular weight excluding hydrogens is 216 g/mol. The van der Waals surface area contributed by atoms with Crippen molar-refractivity contribution in [1.82, 2.24) is 15.3 Å². The standard InChI is InChI=1S/C12H20N4O/c1-3-6-17-12-8-13-7-11(15-12)16-5-4-14-10(2)9-16/h7-8,10,14H,3-6,9H2,1-2H3/t10-/m0/s1. The first kappa shape index (κ1) is 12.1. The van der Waals surface area contributed by atoms with Crippen molar-refractivity contribution in [3.05, 3.63) is 12.4 Å². The predicted molar refractivity (Wildman–Crippen MR) is 67.5 cm³/mol. The van der Waals surface area contributed by atoms with E-state index in [0.717, 1.165) is 31.9 Å². The van der Waals surface area contributed by atoms with Gasteiger partial charge in [-0.1, -0.05) is 6.92 Å². The summed E-state index contributed by atoms with van der Waals surface area (Å²) in [5.41, 5.74) is 0. The third-order valence-electron chi connectivity index (χ3n) is 2.75. The van der Waals surface area contributed by atoms with Crippen molar-refractivity contribution in [3.63, 3.8) is 0 Å². The lowest BCUT2D eigenvalue weighted by Gasteiger charge is -2.32. The zero-order valence-corrected chi connectivity index (χ0v) is 10.5. The van der Waals surface area contributed by atoms with Gasteiger partial charge in [0.25, 0.3) is 0 Å². The Morgan fingerprint density at radius 3 is 3.18 bits per heavy atom. The van der Waals surface area contributed by atoms with E-state index >= 15 is 0 Å². The molecule has 5 nitrogen and oxygen atoms in total. The molecule has 1 atom stereocenters. The van der Waals surface area contributed by atoms with Crippen molar-refractivity contribution in [1.29, 1.82) is 0 Å². The SMILES string of the molecule is CCCOc1cncc(N2CCN[C@@H](C)C2)n1. The maximum absolute atomic E-state index is 5.50. The normalized spacial score (nSPS) is 20.4. The van der Waals surface area contributed by atoms with Crippen LogP contribution in [0.4, 0.5) is 5.82 Å². The Morgan fingerprint density at radius 2 is 2.41 bits per heavy atom. The van der Waals surface area contributed by atoms with Crippen LogP contribution >= 0.6 is 0 Å². The summed E-state index contributed by atoms with van der Waals surface area (Å²) in [5.74, 6) is 1.53. The molecule has 2 rings (SSSR count). The minimum atomic E-state index is 0.491. The lowest BCUT2D eigenvalue weighted by atomic mass is 10.2. The zero-order chi connectivity index (χ0) is 12.1. The van der Waals surface area contributed by atoms with Gasteiger partial charge < -0.3 is 15.0 Å². The number of hydrogen-bond acceptors (Lipinski definition) is 5. The summed E-state index contributed by atoms with van der Waals surface area (Å²) in [6.45, 7) is 7.87. The lowest BCUT2D eigenvalue weighted by molar-refractivity contribution is 0.303. The molecule has 2 heterocycles. The molecule has 0 unspecified atom stereocenters. The third kappa shape index (κ3) is 3.30. The molecule has 1 aliphatic heterocycles. The van der Waals surface area contributed by atoms with Gasteiger partial charge in [-0.15, -0.1) is 0 Å². The van der Waals surface area contributed by atoms with Gasteiger partial charge in [0.1, 0.15) is 0 Å². The number of hydrogen-bond donors (Lipinski definition) is 1. The van der Waals surface area contributed by atoms with Crippen LogP contribution in [0.3, 0.4) is 0 Å². The molecule has 0 amide bonds. The first-order valence-electron chi connectivity index (χ1n) is 6.22. The molecule has 1 aromatic heterocycles. The molecule has 1 aromatic rings. The van der Waals surface area contributed by atoms with Crippen molar-refractivity contribution >= 4 is 5.82 Å². The molecule has 1 saturated heterocycles. The summed E-state index contributed by atoms with van der Waals surface area (Å²) in [6.07, 6.45) is 4.46. The summed E-state index contributed by atoms with van der Waals surface area (Å²) >= 11 is 0. The minimum absolute atomic E-state index is 0.491. The Balaban J connectivity index is 2.04. The van der Waals surface area contributed by atoms with Gasteiger partial charge in [-0.05, 0) is 13.3 Å². The van der Waals surface area contributed by atoms with E-state index in [-0.39, 0.29) is 0 Å². The lowest BCUT2D eigenvalue weighted by Crippen LogP contribution is -2.49. The average molecular weight is 236 g/mol. The molecule has 0 spiro atoms. The highest BCUT2D eigenvalue weighted by atomic mass is 16.5. The average Bonchev–Trinajstić information content (AvgIpc) is 2.37. The van der Waals surface area contributed by atoms with Crippen LogP contribution in [0.25, 0.3) is 0 Å². The fourth-order valence-electron chi connectivity index (χ4n) is 1.91. The van der Waals surface area contributed by atoms with E-state index in [9.17, 15) is 0 Å². The van der Waals surface area contributed by atoms with Crippen LogP contribution in [-0.2, 0) is 0 Å². The van der Waals surface area contributed by atoms with Crippen LogP contribution < -0.4 is 15.0 Å². The van der Waals surface area contributed by atoms with Crippen molar-refractivity contribution in [2.24, 2.45) is 0 Å². The molecule has 94 valence electrons. The molecule has 1 N–H and O–H groups in total. The molecule has 5 heteroatoms. The topological polar surface area (TPSA) is 50.3 Å². The van der Waals surface area contributed by atoms with E-state index in [1.807, 2.05) is 0 Å². The van der Waals surface area contributed by atoms with Crippen LogP contribution in [0.1, 0.15) is 20.3 Å². The second-order valence-corrected chi connectivity index (χ2v) is 4.37. The van der Waals surface area contributed by atoms with E-state index < -0.39 is 0 Å². The van der Waals surface area contributed by atoms with Gasteiger partial charge in [0, 0.05) is 25.7 Å². The highest BCUT2D eigenvalue weighted by Crippen LogP contribution is 2.15. The quantitative estimate of drug-likeness (QED) is 0.847. The van der Waals surface area contributed by atoms with E-state index in [1.54, 1.807) is 12.4 Å². The number of ether oxygens (including phenoxy) is 1. The van der Waals surface area contributed by atoms with Crippen molar-refractivity contribution in [2.45, 2.75) is 26.3 Å². The smallest absolute Gasteiger partial charge is 0.234 e. The summed E-state index contributed by atoms with van der Waals surface area (Å²) in [4.78, 5) is 10.9. The Hall–Kier alpha value is -1.36. The Kier molecular flexibility index (Phi) is 4.14. The Labute approximate surface area is 102 Å². The highest BCUT2D eigenvalue weighted by molar-refractivity contribution is 5.38. The first-order valence-corrected chi connectivity index (χ1v) is 6.22. The number of aromatic nitrogens is 2. The number of piperazine rings is 1. The fourth-order valence-corrected chi connectivity index (χ4v) is 1.91. The van der Waals surface area contributed by atoms with Gasteiger partial charge in [-0.2, -0.15) is 4.98 Å². The van der Waals surface area contributed by atoms with Crippen molar-refractivity contribution in [3.8, 4) is 5.88 Å². The third-order valence-corrected chi connectivity index (χ3v) is 2.75. The first-order chi connectivity index (χ1) is 8.29. The maximum Gasteiger partial charge on any atom is 0.234 e.